The number of rotatable bonds is 3. The zero-order valence-corrected chi connectivity index (χ0v) is 13.7. The Kier molecular flexibility index (Phi) is 4.15. The van der Waals surface area contributed by atoms with E-state index in [1.54, 1.807) is 0 Å². The Morgan fingerprint density at radius 2 is 2.00 bits per heavy atom. The zero-order valence-electron chi connectivity index (χ0n) is 13.7. The van der Waals surface area contributed by atoms with Crippen molar-refractivity contribution in [3.8, 4) is 11.3 Å². The van der Waals surface area contributed by atoms with Gasteiger partial charge in [0.1, 0.15) is 5.69 Å². The normalized spacial score (nSPS) is 23.6. The molecule has 1 aromatic heterocycles. The predicted molar refractivity (Wildman–Crippen MR) is 92.2 cm³/mol. The standard InChI is InChI=1S/C19H22N4O/c24-19(16-9-5-2-6-10-16)22-12-11-17(13-22)23-14-18(20-21-23)15-7-3-1-4-8-15/h1-5,7-8,14,16-17H,6,9-13H2. The summed E-state index contributed by atoms with van der Waals surface area (Å²) >= 11 is 0. The van der Waals surface area contributed by atoms with Gasteiger partial charge in [0.05, 0.1) is 12.2 Å². The van der Waals surface area contributed by atoms with E-state index < -0.39 is 0 Å². The van der Waals surface area contributed by atoms with E-state index in [4.69, 9.17) is 0 Å². The molecule has 0 spiro atoms. The molecule has 124 valence electrons. The van der Waals surface area contributed by atoms with E-state index in [2.05, 4.69) is 22.5 Å². The molecule has 2 unspecified atom stereocenters. The Bertz CT molecular complexity index is 737. The third-order valence-corrected chi connectivity index (χ3v) is 5.05. The van der Waals surface area contributed by atoms with Crippen molar-refractivity contribution < 1.29 is 4.79 Å². The minimum atomic E-state index is 0.171. The van der Waals surface area contributed by atoms with E-state index in [0.717, 1.165) is 50.0 Å². The molecule has 5 nitrogen and oxygen atoms in total. The summed E-state index contributed by atoms with van der Waals surface area (Å²) in [5.74, 6) is 0.481. The first-order valence-electron chi connectivity index (χ1n) is 8.72. The fraction of sp³-hybridized carbons (Fsp3) is 0.421. The van der Waals surface area contributed by atoms with Crippen molar-refractivity contribution >= 4 is 5.91 Å². The van der Waals surface area contributed by atoms with Crippen molar-refractivity contribution in [2.24, 2.45) is 5.92 Å². The van der Waals surface area contributed by atoms with E-state index in [0.29, 0.717) is 5.91 Å². The van der Waals surface area contributed by atoms with Gasteiger partial charge < -0.3 is 4.90 Å². The van der Waals surface area contributed by atoms with Gasteiger partial charge in [-0.05, 0) is 25.7 Å². The molecule has 1 aliphatic carbocycles. The van der Waals surface area contributed by atoms with Crippen LogP contribution >= 0.6 is 0 Å². The molecule has 1 aliphatic heterocycles. The van der Waals surface area contributed by atoms with Gasteiger partial charge in [0.15, 0.2) is 0 Å². The number of aromatic nitrogens is 3. The Morgan fingerprint density at radius 3 is 2.79 bits per heavy atom. The highest BCUT2D eigenvalue weighted by atomic mass is 16.2. The molecule has 4 rings (SSSR count). The van der Waals surface area contributed by atoms with Gasteiger partial charge >= 0.3 is 0 Å². The molecule has 0 saturated carbocycles. The lowest BCUT2D eigenvalue weighted by Gasteiger charge is -2.24. The first kappa shape index (κ1) is 15.1. The van der Waals surface area contributed by atoms with Gasteiger partial charge in [-0.15, -0.1) is 5.10 Å². The molecule has 1 aromatic carbocycles. The molecular formula is C19H22N4O. The second-order valence-electron chi connectivity index (χ2n) is 6.66. The number of nitrogens with zero attached hydrogens (tertiary/aromatic N) is 4. The monoisotopic (exact) mass is 322 g/mol. The summed E-state index contributed by atoms with van der Waals surface area (Å²) in [6, 6.07) is 10.3. The van der Waals surface area contributed by atoms with Crippen molar-refractivity contribution in [3.63, 3.8) is 0 Å². The first-order valence-corrected chi connectivity index (χ1v) is 8.72. The molecule has 2 heterocycles. The molecule has 24 heavy (non-hydrogen) atoms. The van der Waals surface area contributed by atoms with Crippen LogP contribution in [0.3, 0.4) is 0 Å². The lowest BCUT2D eigenvalue weighted by molar-refractivity contribution is -0.134. The van der Waals surface area contributed by atoms with Crippen molar-refractivity contribution in [2.75, 3.05) is 13.1 Å². The average Bonchev–Trinajstić information content (AvgIpc) is 3.32. The third-order valence-electron chi connectivity index (χ3n) is 5.05. The van der Waals surface area contributed by atoms with Crippen LogP contribution in [-0.4, -0.2) is 38.9 Å². The molecule has 1 amide bonds. The van der Waals surface area contributed by atoms with Crippen LogP contribution < -0.4 is 0 Å². The highest BCUT2D eigenvalue weighted by Crippen LogP contribution is 2.27. The summed E-state index contributed by atoms with van der Waals surface area (Å²) in [4.78, 5) is 14.7. The SMILES string of the molecule is O=C(C1CC=CCC1)N1CCC(n2cc(-c3ccccc3)nn2)C1. The number of amides is 1. The first-order chi connectivity index (χ1) is 11.8. The number of hydrogen-bond acceptors (Lipinski definition) is 3. The van der Waals surface area contributed by atoms with Crippen molar-refractivity contribution in [3.05, 3.63) is 48.7 Å². The van der Waals surface area contributed by atoms with Crippen LogP contribution in [0.5, 0.6) is 0 Å². The summed E-state index contributed by atoms with van der Waals surface area (Å²) in [5, 5.41) is 8.59. The fourth-order valence-corrected chi connectivity index (χ4v) is 3.63. The predicted octanol–water partition coefficient (Wildman–Crippen LogP) is 3.07. The van der Waals surface area contributed by atoms with E-state index >= 15 is 0 Å². The van der Waals surface area contributed by atoms with Crippen LogP contribution in [0.2, 0.25) is 0 Å². The number of carbonyl (C=O) groups is 1. The summed E-state index contributed by atoms with van der Waals surface area (Å²) < 4.78 is 1.93. The van der Waals surface area contributed by atoms with E-state index in [9.17, 15) is 4.79 Å². The second kappa shape index (κ2) is 6.59. The average molecular weight is 322 g/mol. The smallest absolute Gasteiger partial charge is 0.226 e. The van der Waals surface area contributed by atoms with Gasteiger partial charge in [0.25, 0.3) is 0 Å². The maximum atomic E-state index is 12.7. The lowest BCUT2D eigenvalue weighted by Crippen LogP contribution is -2.35. The minimum absolute atomic E-state index is 0.171. The van der Waals surface area contributed by atoms with Gasteiger partial charge in [0.2, 0.25) is 5.91 Å². The van der Waals surface area contributed by atoms with Gasteiger partial charge in [-0.25, -0.2) is 4.68 Å². The number of likely N-dealkylation sites (tertiary alicyclic amines) is 1. The number of hydrogen-bond donors (Lipinski definition) is 0. The molecule has 1 saturated heterocycles. The largest absolute Gasteiger partial charge is 0.340 e. The zero-order chi connectivity index (χ0) is 16.4. The molecule has 2 aromatic rings. The maximum Gasteiger partial charge on any atom is 0.226 e. The number of allylic oxidation sites excluding steroid dienone is 2. The summed E-state index contributed by atoms with van der Waals surface area (Å²) in [6.45, 7) is 1.57. The van der Waals surface area contributed by atoms with Gasteiger partial charge in [-0.1, -0.05) is 47.7 Å². The Hall–Kier alpha value is -2.43. The fourth-order valence-electron chi connectivity index (χ4n) is 3.63. The van der Waals surface area contributed by atoms with E-state index in [1.165, 1.54) is 0 Å². The molecule has 0 radical (unpaired) electrons. The maximum absolute atomic E-state index is 12.7. The molecule has 0 bridgehead atoms. The number of carbonyl (C=O) groups excluding carboxylic acids is 1. The number of benzene rings is 1. The molecule has 2 atom stereocenters. The van der Waals surface area contributed by atoms with Crippen molar-refractivity contribution in [2.45, 2.75) is 31.7 Å². The topological polar surface area (TPSA) is 51.0 Å². The van der Waals surface area contributed by atoms with Gasteiger partial charge in [0, 0.05) is 24.6 Å². The highest BCUT2D eigenvalue weighted by molar-refractivity contribution is 5.79. The minimum Gasteiger partial charge on any atom is -0.340 e. The van der Waals surface area contributed by atoms with Crippen molar-refractivity contribution in [1.82, 2.24) is 19.9 Å². The lowest BCUT2D eigenvalue weighted by atomic mass is 9.93. The molecular weight excluding hydrogens is 300 g/mol. The van der Waals surface area contributed by atoms with Gasteiger partial charge in [-0.2, -0.15) is 0 Å². The quantitative estimate of drug-likeness (QED) is 0.816. The molecule has 0 N–H and O–H groups in total. The van der Waals surface area contributed by atoms with Crippen LogP contribution in [0.1, 0.15) is 31.7 Å². The van der Waals surface area contributed by atoms with Crippen LogP contribution in [0.15, 0.2) is 48.7 Å². The summed E-state index contributed by atoms with van der Waals surface area (Å²) in [7, 11) is 0. The van der Waals surface area contributed by atoms with Crippen LogP contribution in [0, 0.1) is 5.92 Å². The molecule has 2 aliphatic rings. The van der Waals surface area contributed by atoms with Crippen LogP contribution in [0.4, 0.5) is 0 Å². The van der Waals surface area contributed by atoms with Crippen LogP contribution in [0.25, 0.3) is 11.3 Å². The Balaban J connectivity index is 1.43. The van der Waals surface area contributed by atoms with Gasteiger partial charge in [-0.3, -0.25) is 4.79 Å². The second-order valence-corrected chi connectivity index (χ2v) is 6.66. The van der Waals surface area contributed by atoms with E-state index in [1.807, 2.05) is 46.1 Å². The molecule has 1 fully saturated rings. The molecule has 5 heteroatoms. The Labute approximate surface area is 142 Å². The van der Waals surface area contributed by atoms with Crippen LogP contribution in [-0.2, 0) is 4.79 Å². The summed E-state index contributed by atoms with van der Waals surface area (Å²) in [5.41, 5.74) is 1.96. The highest BCUT2D eigenvalue weighted by Gasteiger charge is 2.32. The third kappa shape index (κ3) is 2.98. The van der Waals surface area contributed by atoms with Crippen molar-refractivity contribution in [1.29, 1.82) is 0 Å². The van der Waals surface area contributed by atoms with E-state index in [-0.39, 0.29) is 12.0 Å². The Morgan fingerprint density at radius 1 is 1.12 bits per heavy atom. The summed E-state index contributed by atoms with van der Waals surface area (Å²) in [6.07, 6.45) is 10.2.